The minimum Gasteiger partial charge on any atom is -0.296 e. The van der Waals surface area contributed by atoms with E-state index in [1.807, 2.05) is 6.26 Å². The van der Waals surface area contributed by atoms with Gasteiger partial charge in [-0.05, 0) is 40.4 Å². The van der Waals surface area contributed by atoms with E-state index >= 15 is 0 Å². The Labute approximate surface area is 160 Å². The van der Waals surface area contributed by atoms with Crippen molar-refractivity contribution in [3.63, 3.8) is 0 Å². The highest BCUT2D eigenvalue weighted by Gasteiger charge is 2.17. The maximum absolute atomic E-state index is 12.4. The zero-order valence-corrected chi connectivity index (χ0v) is 17.0. The molecule has 1 amide bonds. The molecule has 25 heavy (non-hydrogen) atoms. The first-order valence-corrected chi connectivity index (χ1v) is 11.5. The minimum atomic E-state index is -3.30. The van der Waals surface area contributed by atoms with Gasteiger partial charge in [-0.25, -0.2) is 23.4 Å². The van der Waals surface area contributed by atoms with Crippen molar-refractivity contribution >= 4 is 70.1 Å². The van der Waals surface area contributed by atoms with Gasteiger partial charge in [0.25, 0.3) is 5.91 Å². The number of benzene rings is 1. The molecule has 0 spiro atoms. The fourth-order valence-corrected chi connectivity index (χ4v) is 4.29. The van der Waals surface area contributed by atoms with Crippen molar-refractivity contribution in [1.29, 1.82) is 0 Å². The fraction of sp³-hybridized carbons (Fsp3) is 0.143. The molecule has 7 nitrogen and oxygen atoms in total. The van der Waals surface area contributed by atoms with Crippen molar-refractivity contribution in [2.24, 2.45) is 0 Å². The number of halogens is 1. The van der Waals surface area contributed by atoms with Crippen LogP contribution in [0.3, 0.4) is 0 Å². The summed E-state index contributed by atoms with van der Waals surface area (Å²) < 4.78 is 24.4. The van der Waals surface area contributed by atoms with E-state index in [1.54, 1.807) is 12.1 Å². The molecule has 0 fully saturated rings. The lowest BCUT2D eigenvalue weighted by Gasteiger charge is -2.04. The van der Waals surface area contributed by atoms with Crippen molar-refractivity contribution in [2.75, 3.05) is 17.8 Å². The number of hydrogen-bond donors (Lipinski definition) is 1. The second-order valence-corrected chi connectivity index (χ2v) is 9.60. The summed E-state index contributed by atoms with van der Waals surface area (Å²) in [6, 6.07) is 4.66. The van der Waals surface area contributed by atoms with Crippen LogP contribution in [-0.2, 0) is 9.84 Å². The van der Waals surface area contributed by atoms with E-state index in [1.165, 1.54) is 35.4 Å². The quantitative estimate of drug-likeness (QED) is 0.472. The van der Waals surface area contributed by atoms with Crippen LogP contribution >= 0.6 is 39.0 Å². The first-order chi connectivity index (χ1) is 11.8. The van der Waals surface area contributed by atoms with Gasteiger partial charge >= 0.3 is 0 Å². The Morgan fingerprint density at radius 2 is 2.08 bits per heavy atom. The molecule has 0 saturated heterocycles. The van der Waals surface area contributed by atoms with Gasteiger partial charge in [0.15, 0.2) is 20.1 Å². The van der Waals surface area contributed by atoms with E-state index in [0.717, 1.165) is 6.26 Å². The number of sulfone groups is 1. The largest absolute Gasteiger partial charge is 0.296 e. The zero-order chi connectivity index (χ0) is 18.2. The summed E-state index contributed by atoms with van der Waals surface area (Å²) in [4.78, 5) is 25.2. The minimum absolute atomic E-state index is 0.204. The van der Waals surface area contributed by atoms with Crippen LogP contribution in [0, 0.1) is 0 Å². The van der Waals surface area contributed by atoms with Gasteiger partial charge in [0.05, 0.1) is 19.6 Å². The van der Waals surface area contributed by atoms with Crippen LogP contribution in [0.5, 0.6) is 0 Å². The molecular weight excluding hydrogens is 448 g/mol. The number of carbonyl (C=O) groups excluding carboxylic acids is 1. The monoisotopic (exact) mass is 458 g/mol. The van der Waals surface area contributed by atoms with Gasteiger partial charge in [-0.1, -0.05) is 23.1 Å². The summed E-state index contributed by atoms with van der Waals surface area (Å²) in [7, 11) is -3.30. The van der Waals surface area contributed by atoms with Crippen LogP contribution in [0.25, 0.3) is 10.2 Å². The molecule has 1 N–H and O–H groups in total. The number of rotatable bonds is 4. The number of nitrogens with one attached hydrogen (secondary N) is 1. The van der Waals surface area contributed by atoms with Crippen molar-refractivity contribution in [3.8, 4) is 0 Å². The van der Waals surface area contributed by atoms with E-state index in [9.17, 15) is 13.2 Å². The zero-order valence-electron chi connectivity index (χ0n) is 13.0. The summed E-state index contributed by atoms with van der Waals surface area (Å²) in [5.74, 6) is -0.424. The maximum atomic E-state index is 12.4. The molecule has 2 heterocycles. The van der Waals surface area contributed by atoms with Gasteiger partial charge in [-0.15, -0.1) is 0 Å². The standard InChI is InChI=1S/C14H11BrN4O3S3/c1-23-13-16-6-8(15)11(18-13)12(20)19-14-17-9-4-3-7(25(2,21)22)5-10(9)24-14/h3-6H,1-2H3,(H,17,19,20). The summed E-state index contributed by atoms with van der Waals surface area (Å²) in [5, 5.41) is 3.53. The summed E-state index contributed by atoms with van der Waals surface area (Å²) in [5.41, 5.74) is 0.815. The number of amides is 1. The van der Waals surface area contributed by atoms with E-state index in [-0.39, 0.29) is 10.6 Å². The fourth-order valence-electron chi connectivity index (χ4n) is 1.95. The predicted molar refractivity (Wildman–Crippen MR) is 102 cm³/mol. The lowest BCUT2D eigenvalue weighted by Crippen LogP contribution is -2.15. The number of thiazole rings is 1. The van der Waals surface area contributed by atoms with Gasteiger partial charge in [-0.3, -0.25) is 10.1 Å². The number of thioether (sulfide) groups is 1. The summed E-state index contributed by atoms with van der Waals surface area (Å²) >= 11 is 5.79. The third kappa shape index (κ3) is 4.00. The second kappa shape index (κ2) is 6.98. The van der Waals surface area contributed by atoms with Crippen molar-refractivity contribution in [2.45, 2.75) is 10.1 Å². The lowest BCUT2D eigenvalue weighted by atomic mass is 10.3. The first-order valence-electron chi connectivity index (χ1n) is 6.76. The average molecular weight is 459 g/mol. The second-order valence-electron chi connectivity index (χ2n) is 4.93. The number of carbonyl (C=O) groups is 1. The molecule has 0 unspecified atom stereocenters. The van der Waals surface area contributed by atoms with E-state index < -0.39 is 15.7 Å². The molecule has 0 atom stereocenters. The van der Waals surface area contributed by atoms with Crippen molar-refractivity contribution < 1.29 is 13.2 Å². The molecule has 3 aromatic rings. The van der Waals surface area contributed by atoms with Crippen LogP contribution in [0.15, 0.2) is 38.9 Å². The normalized spacial score (nSPS) is 11.6. The van der Waals surface area contributed by atoms with Crippen LogP contribution < -0.4 is 5.32 Å². The van der Waals surface area contributed by atoms with Gasteiger partial charge in [0.2, 0.25) is 0 Å². The lowest BCUT2D eigenvalue weighted by molar-refractivity contribution is 0.102. The smallest absolute Gasteiger partial charge is 0.277 e. The number of nitrogens with zero attached hydrogens (tertiary/aromatic N) is 3. The predicted octanol–water partition coefficient (Wildman–Crippen LogP) is 3.23. The van der Waals surface area contributed by atoms with Gasteiger partial charge in [-0.2, -0.15) is 0 Å². The van der Waals surface area contributed by atoms with Crippen LogP contribution in [0.1, 0.15) is 10.5 Å². The molecule has 130 valence electrons. The van der Waals surface area contributed by atoms with Crippen molar-refractivity contribution in [3.05, 3.63) is 34.6 Å². The third-order valence-corrected chi connectivity index (χ3v) is 6.31. The topological polar surface area (TPSA) is 102 Å². The Morgan fingerprint density at radius 3 is 2.76 bits per heavy atom. The van der Waals surface area contributed by atoms with Gasteiger partial charge < -0.3 is 0 Å². The Balaban J connectivity index is 1.91. The first kappa shape index (κ1) is 18.2. The number of anilines is 1. The Morgan fingerprint density at radius 1 is 1.32 bits per heavy atom. The summed E-state index contributed by atoms with van der Waals surface area (Å²) in [6.07, 6.45) is 4.48. The van der Waals surface area contributed by atoms with Crippen LogP contribution in [0.2, 0.25) is 0 Å². The Hall–Kier alpha value is -1.56. The molecule has 0 aliphatic rings. The molecule has 11 heteroatoms. The van der Waals surface area contributed by atoms with E-state index in [0.29, 0.717) is 25.0 Å². The molecule has 0 aliphatic carbocycles. The third-order valence-electron chi connectivity index (χ3n) is 3.13. The number of hydrogen-bond acceptors (Lipinski definition) is 8. The molecule has 0 aliphatic heterocycles. The van der Waals surface area contributed by atoms with Crippen LogP contribution in [0.4, 0.5) is 5.13 Å². The highest BCUT2D eigenvalue weighted by molar-refractivity contribution is 9.10. The Kier molecular flexibility index (Phi) is 5.09. The molecule has 0 bridgehead atoms. The number of fused-ring (bicyclic) bond motifs is 1. The molecule has 3 rings (SSSR count). The number of aromatic nitrogens is 3. The molecule has 1 aromatic carbocycles. The van der Waals surface area contributed by atoms with E-state index in [2.05, 4.69) is 36.2 Å². The molecular formula is C14H11BrN4O3S3. The molecule has 0 radical (unpaired) electrons. The highest BCUT2D eigenvalue weighted by atomic mass is 79.9. The van der Waals surface area contributed by atoms with E-state index in [4.69, 9.17) is 0 Å². The van der Waals surface area contributed by atoms with Gasteiger partial charge in [0.1, 0.15) is 5.69 Å². The van der Waals surface area contributed by atoms with Crippen molar-refractivity contribution in [1.82, 2.24) is 15.0 Å². The molecule has 0 saturated carbocycles. The maximum Gasteiger partial charge on any atom is 0.277 e. The molecule has 2 aromatic heterocycles. The van der Waals surface area contributed by atoms with Gasteiger partial charge in [0, 0.05) is 12.5 Å². The SMILES string of the molecule is CSc1ncc(Br)c(C(=O)Nc2nc3ccc(S(C)(=O)=O)cc3s2)n1. The van der Waals surface area contributed by atoms with Crippen LogP contribution in [-0.4, -0.2) is 41.8 Å². The average Bonchev–Trinajstić information content (AvgIpc) is 2.95. The highest BCUT2D eigenvalue weighted by Crippen LogP contribution is 2.29. The summed E-state index contributed by atoms with van der Waals surface area (Å²) in [6.45, 7) is 0. The Bertz CT molecular complexity index is 1080.